The smallest absolute Gasteiger partial charge is 0.279 e. The lowest BCUT2D eigenvalue weighted by Crippen LogP contribution is -3.15. The molecule has 9 heteroatoms. The van der Waals surface area contributed by atoms with Gasteiger partial charge >= 0.3 is 0 Å². The predicted molar refractivity (Wildman–Crippen MR) is 104 cm³/mol. The monoisotopic (exact) mass is 401 g/mol. The second kappa shape index (κ2) is 9.24. The van der Waals surface area contributed by atoms with E-state index < -0.39 is 4.92 Å². The van der Waals surface area contributed by atoms with Gasteiger partial charge in [-0.05, 0) is 29.8 Å². The van der Waals surface area contributed by atoms with Gasteiger partial charge in [0.25, 0.3) is 11.6 Å². The number of nitro benzene ring substituents is 1. The molecular formula is C20H22FN4O4+. The first-order valence-corrected chi connectivity index (χ1v) is 9.31. The lowest BCUT2D eigenvalue weighted by molar-refractivity contribution is -0.895. The van der Waals surface area contributed by atoms with Gasteiger partial charge in [-0.1, -0.05) is 12.1 Å². The zero-order chi connectivity index (χ0) is 20.8. The number of benzene rings is 2. The Morgan fingerprint density at radius 3 is 2.28 bits per heavy atom. The number of rotatable bonds is 6. The van der Waals surface area contributed by atoms with E-state index in [4.69, 9.17) is 0 Å². The highest BCUT2D eigenvalue weighted by molar-refractivity contribution is 5.91. The molecule has 0 bridgehead atoms. The number of hydrogen-bond donors (Lipinski definition) is 2. The molecule has 0 spiro atoms. The number of halogens is 1. The van der Waals surface area contributed by atoms with Crippen molar-refractivity contribution in [2.24, 2.45) is 0 Å². The molecule has 29 heavy (non-hydrogen) atoms. The van der Waals surface area contributed by atoms with E-state index in [1.54, 1.807) is 17.0 Å². The van der Waals surface area contributed by atoms with Gasteiger partial charge in [-0.2, -0.15) is 0 Å². The lowest BCUT2D eigenvalue weighted by Gasteiger charge is -2.32. The third kappa shape index (κ3) is 5.82. The predicted octanol–water partition coefficient (Wildman–Crippen LogP) is 0.642. The van der Waals surface area contributed by atoms with Crippen molar-refractivity contribution in [2.75, 3.05) is 38.0 Å². The highest BCUT2D eigenvalue weighted by Gasteiger charge is 2.25. The van der Waals surface area contributed by atoms with E-state index >= 15 is 0 Å². The van der Waals surface area contributed by atoms with Crippen LogP contribution in [-0.2, 0) is 16.0 Å². The number of nitrogens with zero attached hydrogens (tertiary/aromatic N) is 2. The SMILES string of the molecule is O=C(C[NH+]1CCN(C(=O)Cc2ccc([N+](=O)[O-])cc2)CC1)Nc1ccc(F)cc1. The number of quaternary nitrogens is 1. The minimum absolute atomic E-state index is 0.00247. The van der Waals surface area contributed by atoms with Crippen molar-refractivity contribution in [2.45, 2.75) is 6.42 Å². The number of anilines is 1. The molecular weight excluding hydrogens is 379 g/mol. The fourth-order valence-corrected chi connectivity index (χ4v) is 3.24. The van der Waals surface area contributed by atoms with Crippen molar-refractivity contribution >= 4 is 23.2 Å². The Morgan fingerprint density at radius 1 is 1.07 bits per heavy atom. The molecule has 2 amide bonds. The number of nitrogens with one attached hydrogen (secondary N) is 2. The van der Waals surface area contributed by atoms with Crippen LogP contribution in [0.2, 0.25) is 0 Å². The van der Waals surface area contributed by atoms with Gasteiger partial charge in [0, 0.05) is 17.8 Å². The van der Waals surface area contributed by atoms with E-state index in [0.29, 0.717) is 31.9 Å². The Kier molecular flexibility index (Phi) is 6.50. The van der Waals surface area contributed by atoms with Gasteiger partial charge < -0.3 is 15.1 Å². The zero-order valence-corrected chi connectivity index (χ0v) is 15.8. The number of amides is 2. The molecule has 1 fully saturated rings. The van der Waals surface area contributed by atoms with E-state index in [2.05, 4.69) is 5.32 Å². The van der Waals surface area contributed by atoms with Crippen LogP contribution in [0.25, 0.3) is 0 Å². The third-order valence-electron chi connectivity index (χ3n) is 4.86. The van der Waals surface area contributed by atoms with Crippen LogP contribution >= 0.6 is 0 Å². The van der Waals surface area contributed by atoms with Crippen molar-refractivity contribution in [3.8, 4) is 0 Å². The number of hydrogen-bond acceptors (Lipinski definition) is 4. The average molecular weight is 401 g/mol. The maximum Gasteiger partial charge on any atom is 0.279 e. The molecule has 1 aliphatic heterocycles. The molecule has 8 nitrogen and oxygen atoms in total. The van der Waals surface area contributed by atoms with Gasteiger partial charge in [0.1, 0.15) is 5.82 Å². The summed E-state index contributed by atoms with van der Waals surface area (Å²) in [6, 6.07) is 11.6. The van der Waals surface area contributed by atoms with Crippen LogP contribution in [-0.4, -0.2) is 54.4 Å². The Bertz CT molecular complexity index is 878. The second-order valence-corrected chi connectivity index (χ2v) is 6.96. The molecule has 2 aromatic rings. The normalized spacial score (nSPS) is 14.4. The lowest BCUT2D eigenvalue weighted by atomic mass is 10.1. The first-order valence-electron chi connectivity index (χ1n) is 9.31. The molecule has 0 saturated carbocycles. The molecule has 152 valence electrons. The summed E-state index contributed by atoms with van der Waals surface area (Å²) in [5.41, 5.74) is 1.28. The Balaban J connectivity index is 1.43. The number of nitro groups is 1. The summed E-state index contributed by atoms with van der Waals surface area (Å²) in [6.45, 7) is 2.68. The molecule has 2 aromatic carbocycles. The Labute approximate surface area is 167 Å². The summed E-state index contributed by atoms with van der Waals surface area (Å²) in [5, 5.41) is 13.4. The molecule has 0 atom stereocenters. The van der Waals surface area contributed by atoms with Gasteiger partial charge in [0.2, 0.25) is 5.91 Å². The standard InChI is InChI=1S/C20H21FN4O4/c21-16-3-5-17(6-4-16)22-19(26)14-23-9-11-24(12-10-23)20(27)13-15-1-7-18(8-2-15)25(28)29/h1-8H,9-14H2,(H,22,26)/p+1. The average Bonchev–Trinajstić information content (AvgIpc) is 2.70. The molecule has 2 N–H and O–H groups in total. The molecule has 0 radical (unpaired) electrons. The minimum Gasteiger partial charge on any atom is -0.331 e. The van der Waals surface area contributed by atoms with Gasteiger partial charge in [0.15, 0.2) is 6.54 Å². The summed E-state index contributed by atoms with van der Waals surface area (Å²) in [6.07, 6.45) is 0.193. The quantitative estimate of drug-likeness (QED) is 0.549. The topological polar surface area (TPSA) is 97.0 Å². The van der Waals surface area contributed by atoms with Crippen LogP contribution in [0.3, 0.4) is 0 Å². The molecule has 1 heterocycles. The fourth-order valence-electron chi connectivity index (χ4n) is 3.24. The fraction of sp³-hybridized carbons (Fsp3) is 0.300. The minimum atomic E-state index is -0.472. The summed E-state index contributed by atoms with van der Waals surface area (Å²) in [4.78, 5) is 37.6. The van der Waals surface area contributed by atoms with E-state index in [1.807, 2.05) is 0 Å². The largest absolute Gasteiger partial charge is 0.331 e. The summed E-state index contributed by atoms with van der Waals surface area (Å²) < 4.78 is 12.9. The van der Waals surface area contributed by atoms with Crippen LogP contribution < -0.4 is 10.2 Å². The van der Waals surface area contributed by atoms with Crippen LogP contribution in [0.1, 0.15) is 5.56 Å². The maximum atomic E-state index is 12.9. The zero-order valence-electron chi connectivity index (χ0n) is 15.8. The molecule has 0 aliphatic carbocycles. The van der Waals surface area contributed by atoms with E-state index in [9.17, 15) is 24.1 Å². The van der Waals surface area contributed by atoms with E-state index in [-0.39, 0.29) is 36.3 Å². The molecule has 0 unspecified atom stereocenters. The Hall–Kier alpha value is -3.33. The van der Waals surface area contributed by atoms with Gasteiger partial charge in [-0.3, -0.25) is 19.7 Å². The molecule has 0 aromatic heterocycles. The maximum absolute atomic E-state index is 12.9. The number of piperazine rings is 1. The van der Waals surface area contributed by atoms with Crippen molar-refractivity contribution in [1.82, 2.24) is 4.90 Å². The van der Waals surface area contributed by atoms with Gasteiger partial charge in [0.05, 0.1) is 37.5 Å². The highest BCUT2D eigenvalue weighted by Crippen LogP contribution is 2.13. The molecule has 3 rings (SSSR count). The van der Waals surface area contributed by atoms with Gasteiger partial charge in [-0.25, -0.2) is 4.39 Å². The van der Waals surface area contributed by atoms with E-state index in [0.717, 1.165) is 10.5 Å². The van der Waals surface area contributed by atoms with E-state index in [1.165, 1.54) is 36.4 Å². The number of carbonyl (C=O) groups is 2. The summed E-state index contributed by atoms with van der Waals surface area (Å²) in [5.74, 6) is -0.547. The van der Waals surface area contributed by atoms with Crippen LogP contribution in [0.4, 0.5) is 15.8 Å². The van der Waals surface area contributed by atoms with Crippen molar-refractivity contribution in [3.05, 3.63) is 70.0 Å². The highest BCUT2D eigenvalue weighted by atomic mass is 19.1. The van der Waals surface area contributed by atoms with Crippen molar-refractivity contribution in [1.29, 1.82) is 0 Å². The van der Waals surface area contributed by atoms with Gasteiger partial charge in [-0.15, -0.1) is 0 Å². The number of non-ortho nitro benzene ring substituents is 1. The summed E-state index contributed by atoms with van der Waals surface area (Å²) >= 11 is 0. The molecule has 1 aliphatic rings. The first-order chi connectivity index (χ1) is 13.9. The number of carbonyl (C=O) groups excluding carboxylic acids is 2. The third-order valence-corrected chi connectivity index (χ3v) is 4.86. The Morgan fingerprint density at radius 2 is 1.69 bits per heavy atom. The van der Waals surface area contributed by atoms with Crippen molar-refractivity contribution < 1.29 is 23.8 Å². The van der Waals surface area contributed by atoms with Crippen LogP contribution in [0.5, 0.6) is 0 Å². The first kappa shape index (κ1) is 20.4. The van der Waals surface area contributed by atoms with Crippen LogP contribution in [0.15, 0.2) is 48.5 Å². The van der Waals surface area contributed by atoms with Crippen LogP contribution in [0, 0.1) is 15.9 Å². The summed E-state index contributed by atoms with van der Waals surface area (Å²) in [7, 11) is 0. The second-order valence-electron chi connectivity index (χ2n) is 6.96. The van der Waals surface area contributed by atoms with Crippen molar-refractivity contribution in [3.63, 3.8) is 0 Å². The molecule has 1 saturated heterocycles.